The average Bonchev–Trinajstić information content (AvgIpc) is 2.87. The molecule has 1 aliphatic heterocycles. The van der Waals surface area contributed by atoms with Crippen LogP contribution in [0.15, 0.2) is 33.5 Å². The van der Waals surface area contributed by atoms with E-state index in [0.717, 1.165) is 17.3 Å². The largest absolute Gasteiger partial charge is 0.493 e. The second-order valence-corrected chi connectivity index (χ2v) is 6.00. The van der Waals surface area contributed by atoms with Crippen molar-refractivity contribution in [2.75, 3.05) is 0 Å². The monoisotopic (exact) mass is 350 g/mol. The van der Waals surface area contributed by atoms with E-state index in [2.05, 4.69) is 25.9 Å². The lowest BCUT2D eigenvalue weighted by atomic mass is 10.1. The number of rotatable bonds is 2. The summed E-state index contributed by atoms with van der Waals surface area (Å²) in [6, 6.07) is 7.21. The zero-order chi connectivity index (χ0) is 15.0. The van der Waals surface area contributed by atoms with Crippen LogP contribution < -0.4 is 5.56 Å². The molecular formula is C15H15BrN2O3. The Morgan fingerprint density at radius 1 is 1.38 bits per heavy atom. The molecule has 1 saturated heterocycles. The Hall–Kier alpha value is -1.66. The summed E-state index contributed by atoms with van der Waals surface area (Å²) in [7, 11) is 0. The Kier molecular flexibility index (Phi) is 3.82. The van der Waals surface area contributed by atoms with Crippen molar-refractivity contribution in [3.8, 4) is 17.0 Å². The molecular weight excluding hydrogens is 336 g/mol. The predicted molar refractivity (Wildman–Crippen MR) is 82.2 cm³/mol. The Balaban J connectivity index is 2.05. The van der Waals surface area contributed by atoms with Crippen LogP contribution in [-0.4, -0.2) is 21.2 Å². The van der Waals surface area contributed by atoms with E-state index in [4.69, 9.17) is 4.74 Å². The van der Waals surface area contributed by atoms with Crippen LogP contribution in [0, 0.1) is 0 Å². The van der Waals surface area contributed by atoms with Crippen LogP contribution in [0.25, 0.3) is 11.1 Å². The van der Waals surface area contributed by atoms with Gasteiger partial charge in [-0.3, -0.25) is 4.79 Å². The molecule has 0 aliphatic carbocycles. The molecule has 110 valence electrons. The van der Waals surface area contributed by atoms with Crippen molar-refractivity contribution in [3.05, 3.63) is 44.9 Å². The number of ether oxygens (including phenoxy) is 1. The zero-order valence-electron chi connectivity index (χ0n) is 11.5. The van der Waals surface area contributed by atoms with Gasteiger partial charge in [0.15, 0.2) is 0 Å². The molecule has 5 nitrogen and oxygen atoms in total. The number of nitrogens with one attached hydrogen (secondary N) is 1. The molecule has 0 spiro atoms. The minimum absolute atomic E-state index is 0.144. The molecule has 21 heavy (non-hydrogen) atoms. The van der Waals surface area contributed by atoms with Crippen molar-refractivity contribution in [1.82, 2.24) is 9.97 Å². The fraction of sp³-hybridized carbons (Fsp3) is 0.333. The summed E-state index contributed by atoms with van der Waals surface area (Å²) in [5.74, 6) is 0.112. The molecule has 0 saturated carbocycles. The number of benzene rings is 1. The van der Waals surface area contributed by atoms with Gasteiger partial charge in [0.1, 0.15) is 17.5 Å². The number of aromatic amines is 1. The second kappa shape index (κ2) is 5.61. The molecule has 1 aromatic carbocycles. The Morgan fingerprint density at radius 2 is 2.14 bits per heavy atom. The highest BCUT2D eigenvalue weighted by Crippen LogP contribution is 2.34. The van der Waals surface area contributed by atoms with Crippen molar-refractivity contribution < 1.29 is 9.84 Å². The Labute approximate surface area is 130 Å². The molecule has 2 unspecified atom stereocenters. The van der Waals surface area contributed by atoms with Gasteiger partial charge in [-0.2, -0.15) is 4.98 Å². The third-order valence-electron chi connectivity index (χ3n) is 3.60. The van der Waals surface area contributed by atoms with Gasteiger partial charge in [-0.1, -0.05) is 34.1 Å². The van der Waals surface area contributed by atoms with E-state index in [0.29, 0.717) is 11.4 Å². The molecule has 3 rings (SSSR count). The topological polar surface area (TPSA) is 75.2 Å². The molecule has 1 fully saturated rings. The third kappa shape index (κ3) is 2.73. The number of hydrogen-bond donors (Lipinski definition) is 2. The second-order valence-electron chi connectivity index (χ2n) is 5.14. The standard InChI is InChI=1S/C15H15BrN2O3/c1-8-6-7-11(21-8)13-17-14(19)12(15(20)18-13)9-4-2-3-5-10(9)16/h2-5,8,11H,6-7H2,1H3,(H2,17,18,19,20). The molecule has 2 atom stereocenters. The highest BCUT2D eigenvalue weighted by Gasteiger charge is 2.27. The molecule has 0 amide bonds. The van der Waals surface area contributed by atoms with Gasteiger partial charge < -0.3 is 14.8 Å². The lowest BCUT2D eigenvalue weighted by Gasteiger charge is -2.12. The molecule has 2 N–H and O–H groups in total. The number of aromatic hydroxyl groups is 1. The van der Waals surface area contributed by atoms with E-state index >= 15 is 0 Å². The minimum Gasteiger partial charge on any atom is -0.493 e. The Bertz CT molecular complexity index is 729. The molecule has 2 heterocycles. The molecule has 6 heteroatoms. The van der Waals surface area contributed by atoms with Crippen LogP contribution in [0.2, 0.25) is 0 Å². The van der Waals surface area contributed by atoms with Gasteiger partial charge in [0.2, 0.25) is 5.88 Å². The number of aromatic nitrogens is 2. The number of H-pyrrole nitrogens is 1. The minimum atomic E-state index is -0.368. The molecule has 1 aliphatic rings. The lowest BCUT2D eigenvalue weighted by Crippen LogP contribution is -2.17. The summed E-state index contributed by atoms with van der Waals surface area (Å²) in [6.07, 6.45) is 1.59. The first-order valence-corrected chi connectivity index (χ1v) is 7.59. The van der Waals surface area contributed by atoms with Crippen molar-refractivity contribution >= 4 is 15.9 Å². The summed E-state index contributed by atoms with van der Waals surface area (Å²) < 4.78 is 6.40. The van der Waals surface area contributed by atoms with Crippen LogP contribution in [0.4, 0.5) is 0 Å². The van der Waals surface area contributed by atoms with E-state index < -0.39 is 0 Å². The fourth-order valence-corrected chi connectivity index (χ4v) is 3.02. The predicted octanol–water partition coefficient (Wildman–Crippen LogP) is 3.15. The maximum absolute atomic E-state index is 12.3. The van der Waals surface area contributed by atoms with Gasteiger partial charge in [-0.25, -0.2) is 0 Å². The third-order valence-corrected chi connectivity index (χ3v) is 4.29. The van der Waals surface area contributed by atoms with E-state index in [9.17, 15) is 9.90 Å². The lowest BCUT2D eigenvalue weighted by molar-refractivity contribution is 0.0498. The van der Waals surface area contributed by atoms with Crippen LogP contribution in [0.3, 0.4) is 0 Å². The van der Waals surface area contributed by atoms with E-state index in [1.54, 1.807) is 12.1 Å². The Morgan fingerprint density at radius 3 is 2.76 bits per heavy atom. The normalized spacial score (nSPS) is 21.6. The van der Waals surface area contributed by atoms with Gasteiger partial charge in [0, 0.05) is 10.0 Å². The van der Waals surface area contributed by atoms with Crippen LogP contribution >= 0.6 is 15.9 Å². The first-order chi connectivity index (χ1) is 10.1. The van der Waals surface area contributed by atoms with Gasteiger partial charge in [-0.15, -0.1) is 0 Å². The SMILES string of the molecule is CC1CCC(c2nc(O)c(-c3ccccc3Br)c(=O)[nH]2)O1. The molecule has 0 radical (unpaired) electrons. The molecule has 1 aromatic heterocycles. The smallest absolute Gasteiger partial charge is 0.262 e. The maximum Gasteiger partial charge on any atom is 0.262 e. The first-order valence-electron chi connectivity index (χ1n) is 6.80. The summed E-state index contributed by atoms with van der Waals surface area (Å²) in [6.45, 7) is 1.98. The molecule has 2 aromatic rings. The summed E-state index contributed by atoms with van der Waals surface area (Å²) in [5.41, 5.74) is 0.404. The quantitative estimate of drug-likeness (QED) is 0.872. The van der Waals surface area contributed by atoms with Crippen LogP contribution in [-0.2, 0) is 4.74 Å². The summed E-state index contributed by atoms with van der Waals surface area (Å²) >= 11 is 3.38. The summed E-state index contributed by atoms with van der Waals surface area (Å²) in [5, 5.41) is 10.2. The van der Waals surface area contributed by atoms with Gasteiger partial charge in [0.05, 0.1) is 6.10 Å². The van der Waals surface area contributed by atoms with Gasteiger partial charge in [0.25, 0.3) is 5.56 Å². The maximum atomic E-state index is 12.3. The summed E-state index contributed by atoms with van der Waals surface area (Å²) in [4.78, 5) is 19.2. The van der Waals surface area contributed by atoms with Crippen LogP contribution in [0.1, 0.15) is 31.7 Å². The average molecular weight is 351 g/mol. The highest BCUT2D eigenvalue weighted by molar-refractivity contribution is 9.10. The highest BCUT2D eigenvalue weighted by atomic mass is 79.9. The van der Waals surface area contributed by atoms with Gasteiger partial charge in [-0.05, 0) is 25.8 Å². The van der Waals surface area contributed by atoms with Crippen molar-refractivity contribution in [2.45, 2.75) is 32.0 Å². The van der Waals surface area contributed by atoms with E-state index in [-0.39, 0.29) is 29.2 Å². The number of nitrogens with zero attached hydrogens (tertiary/aromatic N) is 1. The van der Waals surface area contributed by atoms with Crippen molar-refractivity contribution in [2.24, 2.45) is 0 Å². The van der Waals surface area contributed by atoms with Gasteiger partial charge >= 0.3 is 0 Å². The van der Waals surface area contributed by atoms with E-state index in [1.165, 1.54) is 0 Å². The molecule has 0 bridgehead atoms. The van der Waals surface area contributed by atoms with Crippen LogP contribution in [0.5, 0.6) is 5.88 Å². The zero-order valence-corrected chi connectivity index (χ0v) is 13.1. The van der Waals surface area contributed by atoms with Crippen molar-refractivity contribution in [1.29, 1.82) is 0 Å². The number of hydrogen-bond acceptors (Lipinski definition) is 4. The number of halogens is 1. The fourth-order valence-electron chi connectivity index (χ4n) is 2.54. The first kappa shape index (κ1) is 14.3. The van der Waals surface area contributed by atoms with E-state index in [1.807, 2.05) is 19.1 Å². The van der Waals surface area contributed by atoms with Crippen molar-refractivity contribution in [3.63, 3.8) is 0 Å².